The first-order valence-corrected chi connectivity index (χ1v) is 1.95. The summed E-state index contributed by atoms with van der Waals surface area (Å²) in [5, 5.41) is 0. The Morgan fingerprint density at radius 1 is 1.33 bits per heavy atom. The van der Waals surface area contributed by atoms with Crippen molar-refractivity contribution in [2.45, 2.75) is 0 Å². The molecule has 0 radical (unpaired) electrons. The molecule has 0 unspecified atom stereocenters. The molecule has 0 saturated heterocycles. The van der Waals surface area contributed by atoms with Crippen LogP contribution in [0.2, 0.25) is 0 Å². The second kappa shape index (κ2) is 9.01. The molecule has 0 aliphatic rings. The van der Waals surface area contributed by atoms with Gasteiger partial charge in [0.1, 0.15) is 0 Å². The fourth-order valence-electron chi connectivity index (χ4n) is 0. The number of hydrogen-bond donors (Lipinski definition) is 2. The summed E-state index contributed by atoms with van der Waals surface area (Å²) in [6.45, 7) is 0. The molecule has 0 aromatic heterocycles. The zero-order chi connectivity index (χ0) is 3.58. The topological polar surface area (TPSA) is 57.5 Å². The Labute approximate surface area is 51.3 Å². The van der Waals surface area contributed by atoms with Gasteiger partial charge >= 0.3 is 19.3 Å². The van der Waals surface area contributed by atoms with Gasteiger partial charge in [-0.15, -0.1) is 0 Å². The van der Waals surface area contributed by atoms with Crippen LogP contribution in [0.25, 0.3) is 0 Å². The van der Waals surface area contributed by atoms with Gasteiger partial charge in [0.15, 0.2) is 17.4 Å². The summed E-state index contributed by atoms with van der Waals surface area (Å²) in [7, 11) is -3.13. The summed E-state index contributed by atoms with van der Waals surface area (Å²) in [6, 6.07) is 0. The molecule has 2 N–H and O–H groups in total. The van der Waals surface area contributed by atoms with E-state index >= 15 is 0 Å². The van der Waals surface area contributed by atoms with E-state index in [4.69, 9.17) is 14.1 Å². The van der Waals surface area contributed by atoms with Gasteiger partial charge in [-0.05, 0) is 0 Å². The first-order chi connectivity index (χ1) is 1.73. The third kappa shape index (κ3) is 470. The fraction of sp³-hybridized carbons (Fsp3) is 0. The van der Waals surface area contributed by atoms with Crippen molar-refractivity contribution in [3.8, 4) is 0 Å². The van der Waals surface area contributed by atoms with Crippen molar-refractivity contribution in [2.75, 3.05) is 0 Å². The summed E-state index contributed by atoms with van der Waals surface area (Å²) in [5.74, 6) is 0. The van der Waals surface area contributed by atoms with Crippen LogP contribution in [-0.2, 0) is 4.46 Å². The van der Waals surface area contributed by atoms with E-state index in [9.17, 15) is 0 Å². The van der Waals surface area contributed by atoms with Crippen molar-refractivity contribution in [1.82, 2.24) is 0 Å². The maximum atomic E-state index is 8.74. The molecule has 0 heterocycles. The van der Waals surface area contributed by atoms with Crippen LogP contribution in [0.4, 0.5) is 0 Å². The van der Waals surface area contributed by atoms with Gasteiger partial charge in [-0.25, -0.2) is 0 Å². The average Bonchev–Trinajstić information content (AvgIpc) is 0.811. The molecule has 0 atom stereocenters. The van der Waals surface area contributed by atoms with Crippen LogP contribution in [-0.4, -0.2) is 46.2 Å². The second-order valence-corrected chi connectivity index (χ2v) is 0.848. The Balaban J connectivity index is -0.0000000450. The Hall–Kier alpha value is 0.318. The molecule has 3 nitrogen and oxygen atoms in total. The van der Waals surface area contributed by atoms with E-state index in [0.29, 0.717) is 0 Å². The van der Waals surface area contributed by atoms with Crippen molar-refractivity contribution in [1.29, 1.82) is 0 Å². The molecule has 6 heavy (non-hydrogen) atoms. The van der Waals surface area contributed by atoms with Gasteiger partial charge in [0.25, 0.3) is 0 Å². The third-order valence-corrected chi connectivity index (χ3v) is 0. The molecule has 0 aliphatic heterocycles. The summed E-state index contributed by atoms with van der Waals surface area (Å²) in [6.07, 6.45) is 0. The van der Waals surface area contributed by atoms with E-state index in [1.54, 1.807) is 0 Å². The fourth-order valence-corrected chi connectivity index (χ4v) is 0. The first-order valence-electron chi connectivity index (χ1n) is 0.651. The number of rotatable bonds is 0. The molecule has 0 aromatic rings. The molecule has 0 saturated carbocycles. The van der Waals surface area contributed by atoms with Gasteiger partial charge in [-0.1, -0.05) is 0 Å². The summed E-state index contributed by atoms with van der Waals surface area (Å²) in [4.78, 5) is 14.3. The third-order valence-electron chi connectivity index (χ3n) is 0. The van der Waals surface area contributed by atoms with Crippen molar-refractivity contribution >= 4 is 36.7 Å². The standard InChI is InChI=1S/Al.Be.H2O3Si.5H/c;;1-4(2)3;;;;;/h;;1-2H;;;;;. The van der Waals surface area contributed by atoms with Gasteiger partial charge < -0.3 is 9.59 Å². The zero-order valence-corrected chi connectivity index (χ0v) is 2.80. The van der Waals surface area contributed by atoms with Crippen LogP contribution in [0.5, 0.6) is 0 Å². The van der Waals surface area contributed by atoms with Gasteiger partial charge in [0.2, 0.25) is 0 Å². The van der Waals surface area contributed by atoms with Gasteiger partial charge in [0.05, 0.1) is 0 Å². The maximum absolute atomic E-state index is 8.74. The van der Waals surface area contributed by atoms with Crippen LogP contribution in [0.15, 0.2) is 0 Å². The molecule has 34 valence electrons. The Kier molecular flexibility index (Phi) is 24.4. The van der Waals surface area contributed by atoms with Gasteiger partial charge in [-0.2, -0.15) is 0 Å². The summed E-state index contributed by atoms with van der Waals surface area (Å²) >= 11 is 0. The molecule has 6 heteroatoms. The van der Waals surface area contributed by atoms with E-state index in [2.05, 4.69) is 0 Å². The molecule has 0 aliphatic carbocycles. The molecule has 0 rings (SSSR count). The average molecular weight is 119 g/mol. The van der Waals surface area contributed by atoms with Crippen LogP contribution >= 0.6 is 0 Å². The zero-order valence-electron chi connectivity index (χ0n) is 1.80. The van der Waals surface area contributed by atoms with Crippen LogP contribution < -0.4 is 0 Å². The van der Waals surface area contributed by atoms with Crippen molar-refractivity contribution in [2.24, 2.45) is 0 Å². The molecule has 0 bridgehead atoms. The van der Waals surface area contributed by atoms with E-state index in [1.807, 2.05) is 0 Å². The Morgan fingerprint density at radius 3 is 1.33 bits per heavy atom. The Bertz CT molecular complexity index is 33.8. The minimum absolute atomic E-state index is 0. The SMILES string of the molecule is O=[Si](O)O.[AlH3].[BeH2]. The summed E-state index contributed by atoms with van der Waals surface area (Å²) in [5.41, 5.74) is 0. The van der Waals surface area contributed by atoms with E-state index < -0.39 is 9.17 Å². The molecule has 0 spiro atoms. The van der Waals surface area contributed by atoms with Crippen LogP contribution in [0, 0.1) is 0 Å². The minimum atomic E-state index is -3.13. The van der Waals surface area contributed by atoms with E-state index in [0.717, 1.165) is 0 Å². The molecule has 0 aromatic carbocycles. The van der Waals surface area contributed by atoms with Crippen LogP contribution in [0.3, 0.4) is 0 Å². The summed E-state index contributed by atoms with van der Waals surface area (Å²) < 4.78 is 8.74. The van der Waals surface area contributed by atoms with Gasteiger partial charge in [-0.3, -0.25) is 4.46 Å². The van der Waals surface area contributed by atoms with E-state index in [-0.39, 0.29) is 27.5 Å². The quantitative estimate of drug-likeness (QED) is 0.322. The van der Waals surface area contributed by atoms with Crippen molar-refractivity contribution in [3.05, 3.63) is 0 Å². The molecular weight excluding hydrogens is 112 g/mol. The second-order valence-electron chi connectivity index (χ2n) is 0.283. The molecule has 0 amide bonds. The van der Waals surface area contributed by atoms with Gasteiger partial charge in [0, 0.05) is 0 Å². The predicted octanol–water partition coefficient (Wildman–Crippen LogP) is -3.71. The monoisotopic (exact) mass is 119 g/mol. The van der Waals surface area contributed by atoms with E-state index in [1.165, 1.54) is 0 Å². The number of hydrogen-bond acceptors (Lipinski definition) is 1. The first kappa shape index (κ1) is 16.2. The molecule has 0 fully saturated rings. The Morgan fingerprint density at radius 2 is 1.33 bits per heavy atom. The van der Waals surface area contributed by atoms with Crippen molar-refractivity contribution in [3.63, 3.8) is 0 Å². The normalized spacial score (nSPS) is 4.00. The predicted molar refractivity (Wildman–Crippen MR) is 29.4 cm³/mol. The van der Waals surface area contributed by atoms with Crippen molar-refractivity contribution < 1.29 is 14.1 Å². The molecular formula is H7AlBeO3Si. The van der Waals surface area contributed by atoms with Crippen LogP contribution in [0.1, 0.15) is 0 Å².